The zero-order valence-corrected chi connectivity index (χ0v) is 13.8. The number of likely N-dealkylation sites (tertiary alicyclic amines) is 1. The van der Waals surface area contributed by atoms with Gasteiger partial charge < -0.3 is 10.1 Å². The lowest BCUT2D eigenvalue weighted by atomic mass is 9.92. The fourth-order valence-corrected chi connectivity index (χ4v) is 3.80. The van der Waals surface area contributed by atoms with Crippen molar-refractivity contribution in [2.75, 3.05) is 19.8 Å². The fourth-order valence-electron chi connectivity index (χ4n) is 3.80. The Balaban J connectivity index is 1.60. The summed E-state index contributed by atoms with van der Waals surface area (Å²) in [6.07, 6.45) is -1.88. The lowest BCUT2D eigenvalue weighted by Crippen LogP contribution is -2.58. The second-order valence-electron chi connectivity index (χ2n) is 6.73. The largest absolute Gasteiger partial charge is 0.404 e. The van der Waals surface area contributed by atoms with Gasteiger partial charge in [0.2, 0.25) is 0 Å². The second-order valence-corrected chi connectivity index (χ2v) is 6.73. The number of ether oxygens (including phenoxy) is 1. The zero-order valence-electron chi connectivity index (χ0n) is 13.8. The van der Waals surface area contributed by atoms with Crippen LogP contribution >= 0.6 is 0 Å². The number of hydrogen-bond acceptors (Lipinski definition) is 3. The Morgan fingerprint density at radius 2 is 1.79 bits per heavy atom. The van der Waals surface area contributed by atoms with E-state index in [1.807, 2.05) is 30.3 Å². The van der Waals surface area contributed by atoms with Gasteiger partial charge in [-0.3, -0.25) is 4.90 Å². The van der Waals surface area contributed by atoms with Crippen LogP contribution in [0.4, 0.5) is 13.2 Å². The molecule has 3 rings (SSSR count). The first-order valence-electron chi connectivity index (χ1n) is 8.71. The molecule has 2 fully saturated rings. The number of benzene rings is 1. The molecule has 2 unspecified atom stereocenters. The Bertz CT molecular complexity index is 503. The molecule has 134 valence electrons. The number of halogens is 3. The smallest absolute Gasteiger partial charge is 0.381 e. The van der Waals surface area contributed by atoms with Crippen molar-refractivity contribution in [3.63, 3.8) is 0 Å². The molecule has 24 heavy (non-hydrogen) atoms. The molecule has 0 bridgehead atoms. The number of hydrogen-bond donors (Lipinski definition) is 1. The molecule has 2 aliphatic heterocycles. The molecule has 1 aromatic rings. The van der Waals surface area contributed by atoms with E-state index in [1.165, 1.54) is 0 Å². The van der Waals surface area contributed by atoms with Gasteiger partial charge in [0, 0.05) is 38.4 Å². The lowest BCUT2D eigenvalue weighted by molar-refractivity contribution is -0.203. The second kappa shape index (κ2) is 7.85. The molecular weight excluding hydrogens is 317 g/mol. The number of rotatable bonds is 4. The number of piperidine rings is 1. The summed E-state index contributed by atoms with van der Waals surface area (Å²) in [6, 6.07) is 8.38. The van der Waals surface area contributed by atoms with E-state index in [0.717, 1.165) is 12.0 Å². The molecule has 2 aliphatic rings. The van der Waals surface area contributed by atoms with Crippen LogP contribution in [0.2, 0.25) is 0 Å². The van der Waals surface area contributed by atoms with Crippen molar-refractivity contribution in [2.24, 2.45) is 0 Å². The summed E-state index contributed by atoms with van der Waals surface area (Å²) in [5, 5.41) is 3.31. The summed E-state index contributed by atoms with van der Waals surface area (Å²) in [5.41, 5.74) is 1.10. The number of alkyl halides is 3. The van der Waals surface area contributed by atoms with Crippen LogP contribution in [0.25, 0.3) is 0 Å². The maximum absolute atomic E-state index is 13.6. The third-order valence-electron chi connectivity index (χ3n) is 5.12. The minimum atomic E-state index is -4.18. The van der Waals surface area contributed by atoms with Crippen molar-refractivity contribution < 1.29 is 17.9 Å². The highest BCUT2D eigenvalue weighted by molar-refractivity contribution is 5.14. The summed E-state index contributed by atoms with van der Waals surface area (Å²) in [5.74, 6) is 0. The Hall–Kier alpha value is -1.11. The summed E-state index contributed by atoms with van der Waals surface area (Å²) in [6.45, 7) is 2.26. The molecule has 0 aromatic heterocycles. The average molecular weight is 342 g/mol. The van der Waals surface area contributed by atoms with Crippen LogP contribution in [0, 0.1) is 0 Å². The van der Waals surface area contributed by atoms with E-state index in [4.69, 9.17) is 4.74 Å². The van der Waals surface area contributed by atoms with Crippen LogP contribution in [-0.4, -0.2) is 49.0 Å². The monoisotopic (exact) mass is 342 g/mol. The Morgan fingerprint density at radius 1 is 1.08 bits per heavy atom. The third-order valence-corrected chi connectivity index (χ3v) is 5.12. The molecule has 6 heteroatoms. The van der Waals surface area contributed by atoms with Crippen LogP contribution in [-0.2, 0) is 11.3 Å². The highest BCUT2D eigenvalue weighted by Gasteiger charge is 2.48. The third kappa shape index (κ3) is 4.49. The van der Waals surface area contributed by atoms with E-state index in [9.17, 15) is 13.2 Å². The molecule has 2 heterocycles. The number of nitrogens with one attached hydrogen (secondary N) is 1. The molecule has 2 saturated heterocycles. The van der Waals surface area contributed by atoms with E-state index in [1.54, 1.807) is 4.90 Å². The summed E-state index contributed by atoms with van der Waals surface area (Å²) < 4.78 is 46.0. The van der Waals surface area contributed by atoms with Gasteiger partial charge in [0.05, 0.1) is 0 Å². The van der Waals surface area contributed by atoms with Crippen molar-refractivity contribution in [2.45, 2.75) is 56.5 Å². The zero-order chi connectivity index (χ0) is 17.0. The fraction of sp³-hybridized carbons (Fsp3) is 0.667. The van der Waals surface area contributed by atoms with E-state index >= 15 is 0 Å². The van der Waals surface area contributed by atoms with Crippen LogP contribution < -0.4 is 5.32 Å². The predicted octanol–water partition coefficient (Wildman–Crippen LogP) is 3.35. The predicted molar refractivity (Wildman–Crippen MR) is 86.7 cm³/mol. The normalized spacial score (nSPS) is 27.3. The van der Waals surface area contributed by atoms with Crippen LogP contribution in [0.15, 0.2) is 30.3 Å². The Labute approximate surface area is 141 Å². The molecule has 2 atom stereocenters. The SMILES string of the molecule is FC(F)(F)C1CC(NCc2ccccc2)CCN1C1CCOCC1. The van der Waals surface area contributed by atoms with Crippen molar-refractivity contribution in [1.82, 2.24) is 10.2 Å². The van der Waals surface area contributed by atoms with Gasteiger partial charge in [-0.25, -0.2) is 0 Å². The van der Waals surface area contributed by atoms with E-state index in [2.05, 4.69) is 5.32 Å². The Kier molecular flexibility index (Phi) is 5.79. The quantitative estimate of drug-likeness (QED) is 0.908. The van der Waals surface area contributed by atoms with Gasteiger partial charge in [0.25, 0.3) is 0 Å². The molecular formula is C18H25F3N2O. The highest BCUT2D eigenvalue weighted by Crippen LogP contribution is 2.35. The molecule has 0 amide bonds. The van der Waals surface area contributed by atoms with Crippen LogP contribution in [0.1, 0.15) is 31.2 Å². The number of nitrogens with zero attached hydrogens (tertiary/aromatic N) is 1. The van der Waals surface area contributed by atoms with Crippen LogP contribution in [0.3, 0.4) is 0 Å². The minimum Gasteiger partial charge on any atom is -0.381 e. The topological polar surface area (TPSA) is 24.5 Å². The Morgan fingerprint density at radius 3 is 2.46 bits per heavy atom. The van der Waals surface area contributed by atoms with Gasteiger partial charge in [0.1, 0.15) is 6.04 Å². The molecule has 3 nitrogen and oxygen atoms in total. The molecule has 0 radical (unpaired) electrons. The van der Waals surface area contributed by atoms with Gasteiger partial charge in [-0.15, -0.1) is 0 Å². The van der Waals surface area contributed by atoms with Gasteiger partial charge in [-0.2, -0.15) is 13.2 Å². The molecule has 1 aromatic carbocycles. The maximum Gasteiger partial charge on any atom is 0.404 e. The van der Waals surface area contributed by atoms with Gasteiger partial charge in [-0.1, -0.05) is 30.3 Å². The van der Waals surface area contributed by atoms with Crippen molar-refractivity contribution in [1.29, 1.82) is 0 Å². The molecule has 0 spiro atoms. The van der Waals surface area contributed by atoms with Gasteiger partial charge in [-0.05, 0) is 31.2 Å². The van der Waals surface area contributed by atoms with E-state index < -0.39 is 12.2 Å². The first-order chi connectivity index (χ1) is 11.5. The van der Waals surface area contributed by atoms with Crippen molar-refractivity contribution in [3.05, 3.63) is 35.9 Å². The average Bonchev–Trinajstić information content (AvgIpc) is 2.61. The van der Waals surface area contributed by atoms with E-state index in [0.29, 0.717) is 39.1 Å². The van der Waals surface area contributed by atoms with Crippen molar-refractivity contribution >= 4 is 0 Å². The van der Waals surface area contributed by atoms with Gasteiger partial charge in [0.15, 0.2) is 0 Å². The van der Waals surface area contributed by atoms with E-state index in [-0.39, 0.29) is 18.5 Å². The molecule has 0 saturated carbocycles. The van der Waals surface area contributed by atoms with Gasteiger partial charge >= 0.3 is 6.18 Å². The minimum absolute atomic E-state index is 0.000415. The lowest BCUT2D eigenvalue weighted by Gasteiger charge is -2.45. The standard InChI is InChI=1S/C18H25F3N2O/c19-18(20,21)17-12-15(22-13-14-4-2-1-3-5-14)6-9-23(17)16-7-10-24-11-8-16/h1-5,15-17,22H,6-13H2. The first kappa shape index (κ1) is 17.7. The molecule has 0 aliphatic carbocycles. The highest BCUT2D eigenvalue weighted by atomic mass is 19.4. The van der Waals surface area contributed by atoms with Crippen LogP contribution in [0.5, 0.6) is 0 Å². The summed E-state index contributed by atoms with van der Waals surface area (Å²) in [7, 11) is 0. The summed E-state index contributed by atoms with van der Waals surface area (Å²) in [4.78, 5) is 1.68. The van der Waals surface area contributed by atoms with Crippen molar-refractivity contribution in [3.8, 4) is 0 Å². The first-order valence-corrected chi connectivity index (χ1v) is 8.71. The maximum atomic E-state index is 13.6. The molecule has 1 N–H and O–H groups in total. The summed E-state index contributed by atoms with van der Waals surface area (Å²) >= 11 is 0.